The van der Waals surface area contributed by atoms with E-state index in [1.807, 2.05) is 12.1 Å². The molecule has 1 heterocycles. The predicted octanol–water partition coefficient (Wildman–Crippen LogP) is 2.57. The first-order valence-electron chi connectivity index (χ1n) is 10.2. The quantitative estimate of drug-likeness (QED) is 0.659. The lowest BCUT2D eigenvalue weighted by Crippen LogP contribution is -2.44. The van der Waals surface area contributed by atoms with E-state index < -0.39 is 0 Å². The van der Waals surface area contributed by atoms with Gasteiger partial charge in [0.15, 0.2) is 6.61 Å². The molecule has 0 aliphatic carbocycles. The fourth-order valence-electron chi connectivity index (χ4n) is 3.33. The first-order valence-corrected chi connectivity index (χ1v) is 10.2. The Hall–Kier alpha value is -2.73. The van der Waals surface area contributed by atoms with Gasteiger partial charge in [-0.1, -0.05) is 12.1 Å². The van der Waals surface area contributed by atoms with E-state index in [1.54, 1.807) is 19.2 Å². The van der Waals surface area contributed by atoms with Crippen molar-refractivity contribution in [3.8, 4) is 11.5 Å². The molecule has 2 aromatic carbocycles. The number of rotatable bonds is 9. The van der Waals surface area contributed by atoms with Gasteiger partial charge in [0.2, 0.25) is 0 Å². The first-order chi connectivity index (χ1) is 14.1. The molecular weight excluding hydrogens is 366 g/mol. The van der Waals surface area contributed by atoms with Crippen molar-refractivity contribution in [2.75, 3.05) is 58.4 Å². The Labute approximate surface area is 173 Å². The van der Waals surface area contributed by atoms with Gasteiger partial charge in [0, 0.05) is 38.4 Å². The number of carbonyl (C=O) groups is 1. The van der Waals surface area contributed by atoms with Crippen molar-refractivity contribution in [3.63, 3.8) is 0 Å². The Morgan fingerprint density at radius 2 is 1.62 bits per heavy atom. The summed E-state index contributed by atoms with van der Waals surface area (Å²) in [6.45, 7) is 5.06. The van der Waals surface area contributed by atoms with Crippen molar-refractivity contribution in [2.24, 2.45) is 0 Å². The molecule has 1 amide bonds. The number of hydrogen-bond acceptors (Lipinski definition) is 5. The van der Waals surface area contributed by atoms with Crippen LogP contribution < -0.4 is 19.7 Å². The van der Waals surface area contributed by atoms with Crippen molar-refractivity contribution >= 4 is 11.6 Å². The highest BCUT2D eigenvalue weighted by Gasteiger charge is 2.13. The second-order valence-electron chi connectivity index (χ2n) is 7.37. The number of benzene rings is 2. The lowest BCUT2D eigenvalue weighted by molar-refractivity contribution is -0.123. The number of nitrogens with one attached hydrogen (secondary N) is 1. The van der Waals surface area contributed by atoms with Crippen LogP contribution in [0.5, 0.6) is 11.5 Å². The molecular formula is C23H31N3O3. The number of piperazine rings is 1. The lowest BCUT2D eigenvalue weighted by Gasteiger charge is -2.34. The van der Waals surface area contributed by atoms with Crippen LogP contribution >= 0.6 is 0 Å². The molecule has 29 heavy (non-hydrogen) atoms. The predicted molar refractivity (Wildman–Crippen MR) is 116 cm³/mol. The van der Waals surface area contributed by atoms with Gasteiger partial charge in [-0.05, 0) is 61.9 Å². The molecule has 1 aliphatic heterocycles. The molecule has 6 heteroatoms. The maximum absolute atomic E-state index is 11.9. The molecule has 1 aliphatic rings. The van der Waals surface area contributed by atoms with Crippen LogP contribution in [0, 0.1) is 0 Å². The van der Waals surface area contributed by atoms with E-state index in [0.29, 0.717) is 12.3 Å². The van der Waals surface area contributed by atoms with Crippen molar-refractivity contribution in [1.82, 2.24) is 10.2 Å². The average Bonchev–Trinajstić information content (AvgIpc) is 2.76. The number of hydrogen-bond donors (Lipinski definition) is 1. The van der Waals surface area contributed by atoms with Crippen LogP contribution in [0.1, 0.15) is 12.0 Å². The third-order valence-electron chi connectivity index (χ3n) is 5.20. The third-order valence-corrected chi connectivity index (χ3v) is 5.20. The molecule has 0 aromatic heterocycles. The summed E-state index contributed by atoms with van der Waals surface area (Å²) in [5.41, 5.74) is 2.59. The minimum atomic E-state index is -0.105. The van der Waals surface area contributed by atoms with Gasteiger partial charge in [-0.3, -0.25) is 4.79 Å². The number of aryl methyl sites for hydroxylation is 1. The van der Waals surface area contributed by atoms with E-state index in [0.717, 1.165) is 44.8 Å². The maximum atomic E-state index is 11.9. The van der Waals surface area contributed by atoms with Crippen molar-refractivity contribution in [1.29, 1.82) is 0 Å². The molecule has 0 radical (unpaired) electrons. The average molecular weight is 398 g/mol. The van der Waals surface area contributed by atoms with Gasteiger partial charge in [0.1, 0.15) is 11.5 Å². The number of ether oxygens (including phenoxy) is 2. The second-order valence-corrected chi connectivity index (χ2v) is 7.37. The monoisotopic (exact) mass is 397 g/mol. The summed E-state index contributed by atoms with van der Waals surface area (Å²) < 4.78 is 10.6. The Kier molecular flexibility index (Phi) is 7.76. The lowest BCUT2D eigenvalue weighted by atomic mass is 10.1. The van der Waals surface area contributed by atoms with E-state index >= 15 is 0 Å². The van der Waals surface area contributed by atoms with Gasteiger partial charge in [0.25, 0.3) is 5.91 Å². The normalized spacial score (nSPS) is 14.5. The van der Waals surface area contributed by atoms with Crippen LogP contribution in [0.4, 0.5) is 5.69 Å². The Morgan fingerprint density at radius 1 is 0.966 bits per heavy atom. The van der Waals surface area contributed by atoms with Gasteiger partial charge in [0.05, 0.1) is 7.11 Å². The maximum Gasteiger partial charge on any atom is 0.257 e. The van der Waals surface area contributed by atoms with Gasteiger partial charge < -0.3 is 24.6 Å². The summed E-state index contributed by atoms with van der Waals surface area (Å²) in [5, 5.41) is 2.91. The summed E-state index contributed by atoms with van der Waals surface area (Å²) in [4.78, 5) is 16.7. The molecule has 3 rings (SSSR count). The van der Waals surface area contributed by atoms with Crippen LogP contribution in [0.2, 0.25) is 0 Å². The number of likely N-dealkylation sites (N-methyl/N-ethyl adjacent to an activating group) is 1. The van der Waals surface area contributed by atoms with Gasteiger partial charge in [-0.25, -0.2) is 0 Å². The molecule has 1 fully saturated rings. The number of amides is 1. The summed E-state index contributed by atoms with van der Waals surface area (Å²) in [5.74, 6) is 1.31. The highest BCUT2D eigenvalue weighted by atomic mass is 16.5. The highest BCUT2D eigenvalue weighted by molar-refractivity contribution is 5.77. The largest absolute Gasteiger partial charge is 0.497 e. The molecule has 0 saturated carbocycles. The second kappa shape index (κ2) is 10.7. The smallest absolute Gasteiger partial charge is 0.257 e. The molecule has 0 bridgehead atoms. The number of methoxy groups -OCH3 is 1. The minimum absolute atomic E-state index is 0.0199. The standard InChI is InChI=1S/C23H31N3O3/c1-25-14-16-26(17-15-25)20-7-5-19(6-8-20)4-3-13-24-23(27)18-29-22-11-9-21(28-2)10-12-22/h5-12H,3-4,13-18H2,1-2H3,(H,24,27). The summed E-state index contributed by atoms with van der Waals surface area (Å²) >= 11 is 0. The van der Waals surface area contributed by atoms with E-state index in [2.05, 4.69) is 46.4 Å². The Balaban J connectivity index is 1.31. The van der Waals surface area contributed by atoms with Crippen LogP contribution in [0.15, 0.2) is 48.5 Å². The van der Waals surface area contributed by atoms with Gasteiger partial charge in [-0.15, -0.1) is 0 Å². The molecule has 2 aromatic rings. The van der Waals surface area contributed by atoms with E-state index in [9.17, 15) is 4.79 Å². The van der Waals surface area contributed by atoms with Crippen molar-refractivity contribution in [3.05, 3.63) is 54.1 Å². The van der Waals surface area contributed by atoms with Crippen LogP contribution in [0.3, 0.4) is 0 Å². The van der Waals surface area contributed by atoms with Gasteiger partial charge >= 0.3 is 0 Å². The summed E-state index contributed by atoms with van der Waals surface area (Å²) in [6.07, 6.45) is 1.85. The third kappa shape index (κ3) is 6.68. The summed E-state index contributed by atoms with van der Waals surface area (Å²) in [7, 11) is 3.79. The van der Waals surface area contributed by atoms with Crippen LogP contribution in [-0.2, 0) is 11.2 Å². The summed E-state index contributed by atoms with van der Waals surface area (Å²) in [6, 6.07) is 16.0. The zero-order valence-electron chi connectivity index (χ0n) is 17.4. The molecule has 1 N–H and O–H groups in total. The fraction of sp³-hybridized carbons (Fsp3) is 0.435. The Morgan fingerprint density at radius 3 is 2.28 bits per heavy atom. The number of anilines is 1. The van der Waals surface area contributed by atoms with Crippen LogP contribution in [0.25, 0.3) is 0 Å². The molecule has 0 unspecified atom stereocenters. The topological polar surface area (TPSA) is 54.0 Å². The highest BCUT2D eigenvalue weighted by Crippen LogP contribution is 2.18. The molecule has 6 nitrogen and oxygen atoms in total. The van der Waals surface area contributed by atoms with Crippen molar-refractivity contribution < 1.29 is 14.3 Å². The van der Waals surface area contributed by atoms with Gasteiger partial charge in [-0.2, -0.15) is 0 Å². The zero-order valence-corrected chi connectivity index (χ0v) is 17.4. The SMILES string of the molecule is COc1ccc(OCC(=O)NCCCc2ccc(N3CCN(C)CC3)cc2)cc1. The van der Waals surface area contributed by atoms with E-state index in [-0.39, 0.29) is 12.5 Å². The van der Waals surface area contributed by atoms with E-state index in [1.165, 1.54) is 11.3 Å². The first kappa shape index (κ1) is 21.0. The van der Waals surface area contributed by atoms with E-state index in [4.69, 9.17) is 9.47 Å². The molecule has 1 saturated heterocycles. The number of carbonyl (C=O) groups excluding carboxylic acids is 1. The number of nitrogens with zero attached hydrogens (tertiary/aromatic N) is 2. The Bertz CT molecular complexity index is 754. The molecule has 156 valence electrons. The zero-order chi connectivity index (χ0) is 20.5. The minimum Gasteiger partial charge on any atom is -0.497 e. The van der Waals surface area contributed by atoms with Crippen LogP contribution in [-0.4, -0.2) is 64.3 Å². The fourth-order valence-corrected chi connectivity index (χ4v) is 3.33. The molecule has 0 atom stereocenters. The van der Waals surface area contributed by atoms with Crippen molar-refractivity contribution in [2.45, 2.75) is 12.8 Å². The molecule has 0 spiro atoms.